The molecule has 22 heavy (non-hydrogen) atoms. The van der Waals surface area contributed by atoms with Crippen LogP contribution in [0.1, 0.15) is 11.1 Å². The average Bonchev–Trinajstić information content (AvgIpc) is 2.95. The van der Waals surface area contributed by atoms with Gasteiger partial charge >= 0.3 is 5.97 Å². The number of pyridine rings is 1. The number of aromatic nitrogens is 2. The second-order valence-electron chi connectivity index (χ2n) is 4.71. The largest absolute Gasteiger partial charge is 0.496 e. The van der Waals surface area contributed by atoms with Crippen molar-refractivity contribution in [1.29, 1.82) is 0 Å². The van der Waals surface area contributed by atoms with Gasteiger partial charge in [-0.3, -0.25) is 0 Å². The minimum absolute atomic E-state index is 0.169. The van der Waals surface area contributed by atoms with Crippen molar-refractivity contribution < 1.29 is 14.6 Å². The van der Waals surface area contributed by atoms with Gasteiger partial charge in [0, 0.05) is 28.9 Å². The highest BCUT2D eigenvalue weighted by Crippen LogP contribution is 2.29. The van der Waals surface area contributed by atoms with E-state index in [1.54, 1.807) is 42.7 Å². The number of hydrogen-bond acceptors (Lipinski definition) is 3. The third kappa shape index (κ3) is 2.44. The summed E-state index contributed by atoms with van der Waals surface area (Å²) in [6.45, 7) is 0. The number of carboxylic acid groups (broad SMARTS) is 1. The molecule has 2 N–H and O–H groups in total. The molecule has 5 heteroatoms. The second kappa shape index (κ2) is 5.73. The first-order valence-corrected chi connectivity index (χ1v) is 6.71. The monoisotopic (exact) mass is 294 g/mol. The molecule has 0 spiro atoms. The molecule has 3 rings (SSSR count). The molecule has 0 bridgehead atoms. The maximum absolute atomic E-state index is 11.7. The quantitative estimate of drug-likeness (QED) is 0.725. The molecule has 0 fully saturated rings. The summed E-state index contributed by atoms with van der Waals surface area (Å²) in [6, 6.07) is 10.8. The third-order valence-corrected chi connectivity index (χ3v) is 3.41. The van der Waals surface area contributed by atoms with Gasteiger partial charge in [0.05, 0.1) is 12.7 Å². The fourth-order valence-electron chi connectivity index (χ4n) is 2.37. The SMILES string of the molecule is COc1ccccc1/C(=C/c1c[nH]c2ncccc12)C(=O)O. The number of rotatable bonds is 4. The Balaban J connectivity index is 2.18. The Kier molecular flexibility index (Phi) is 3.62. The van der Waals surface area contributed by atoms with Gasteiger partial charge in [0.25, 0.3) is 0 Å². The van der Waals surface area contributed by atoms with Gasteiger partial charge in [-0.1, -0.05) is 18.2 Å². The van der Waals surface area contributed by atoms with E-state index in [2.05, 4.69) is 9.97 Å². The Bertz CT molecular complexity index is 865. The Morgan fingerprint density at radius 3 is 2.86 bits per heavy atom. The summed E-state index contributed by atoms with van der Waals surface area (Å²) < 4.78 is 5.26. The van der Waals surface area contributed by atoms with Crippen LogP contribution in [0.15, 0.2) is 48.8 Å². The highest BCUT2D eigenvalue weighted by molar-refractivity contribution is 6.22. The summed E-state index contributed by atoms with van der Waals surface area (Å²) in [4.78, 5) is 18.9. The lowest BCUT2D eigenvalue weighted by Gasteiger charge is -2.08. The number of hydrogen-bond donors (Lipinski definition) is 2. The van der Waals surface area contributed by atoms with Crippen LogP contribution >= 0.6 is 0 Å². The fraction of sp³-hybridized carbons (Fsp3) is 0.0588. The molecule has 110 valence electrons. The molecule has 0 unspecified atom stereocenters. The van der Waals surface area contributed by atoms with Gasteiger partial charge < -0.3 is 14.8 Å². The van der Waals surface area contributed by atoms with Crippen molar-refractivity contribution >= 4 is 28.7 Å². The van der Waals surface area contributed by atoms with E-state index in [4.69, 9.17) is 4.74 Å². The maximum Gasteiger partial charge on any atom is 0.336 e. The van der Waals surface area contributed by atoms with Gasteiger partial charge in [-0.15, -0.1) is 0 Å². The Hall–Kier alpha value is -3.08. The van der Waals surface area contributed by atoms with E-state index in [1.165, 1.54) is 7.11 Å². The lowest BCUT2D eigenvalue weighted by molar-refractivity contribution is -0.130. The van der Waals surface area contributed by atoms with Crippen molar-refractivity contribution in [1.82, 2.24) is 9.97 Å². The first kappa shape index (κ1) is 13.9. The number of aromatic amines is 1. The lowest BCUT2D eigenvalue weighted by atomic mass is 10.0. The number of H-pyrrole nitrogens is 1. The van der Waals surface area contributed by atoms with Crippen molar-refractivity contribution in [2.45, 2.75) is 0 Å². The Morgan fingerprint density at radius 2 is 2.09 bits per heavy atom. The molecule has 0 radical (unpaired) electrons. The van der Waals surface area contributed by atoms with Crippen molar-refractivity contribution in [3.05, 3.63) is 59.9 Å². The molecule has 5 nitrogen and oxygen atoms in total. The Morgan fingerprint density at radius 1 is 1.27 bits per heavy atom. The van der Waals surface area contributed by atoms with Crippen LogP contribution < -0.4 is 4.74 Å². The molecule has 0 atom stereocenters. The second-order valence-corrected chi connectivity index (χ2v) is 4.71. The predicted octanol–water partition coefficient (Wildman–Crippen LogP) is 3.20. The number of ether oxygens (including phenoxy) is 1. The first-order chi connectivity index (χ1) is 10.7. The highest BCUT2D eigenvalue weighted by Gasteiger charge is 2.16. The average molecular weight is 294 g/mol. The van der Waals surface area contributed by atoms with E-state index in [0.29, 0.717) is 11.3 Å². The predicted molar refractivity (Wildman–Crippen MR) is 84.6 cm³/mol. The molecule has 1 aromatic carbocycles. The summed E-state index contributed by atoms with van der Waals surface area (Å²) in [7, 11) is 1.52. The van der Waals surface area contributed by atoms with Gasteiger partial charge in [-0.2, -0.15) is 0 Å². The molecule has 0 aliphatic heterocycles. The number of aliphatic carboxylic acids is 1. The number of carboxylic acids is 1. The molecule has 2 heterocycles. The van der Waals surface area contributed by atoms with Crippen molar-refractivity contribution in [3.8, 4) is 5.75 Å². The van der Waals surface area contributed by atoms with E-state index < -0.39 is 5.97 Å². The zero-order valence-corrected chi connectivity index (χ0v) is 11.9. The van der Waals surface area contributed by atoms with Gasteiger partial charge in [0.2, 0.25) is 0 Å². The molecule has 3 aromatic rings. The molecule has 0 saturated heterocycles. The van der Waals surface area contributed by atoms with Crippen LogP contribution in [0, 0.1) is 0 Å². The molecular weight excluding hydrogens is 280 g/mol. The van der Waals surface area contributed by atoms with Crippen LogP contribution in [0.3, 0.4) is 0 Å². The van der Waals surface area contributed by atoms with Crippen molar-refractivity contribution in [3.63, 3.8) is 0 Å². The zero-order valence-electron chi connectivity index (χ0n) is 11.9. The van der Waals surface area contributed by atoms with E-state index in [0.717, 1.165) is 16.6 Å². The lowest BCUT2D eigenvalue weighted by Crippen LogP contribution is -2.01. The van der Waals surface area contributed by atoms with Gasteiger partial charge in [-0.25, -0.2) is 9.78 Å². The van der Waals surface area contributed by atoms with Gasteiger partial charge in [0.1, 0.15) is 11.4 Å². The van der Waals surface area contributed by atoms with Crippen molar-refractivity contribution in [2.75, 3.05) is 7.11 Å². The minimum atomic E-state index is -1.01. The first-order valence-electron chi connectivity index (χ1n) is 6.71. The summed E-state index contributed by atoms with van der Waals surface area (Å²) in [5.41, 5.74) is 2.20. The summed E-state index contributed by atoms with van der Waals surface area (Å²) >= 11 is 0. The van der Waals surface area contributed by atoms with Crippen LogP contribution in [0.25, 0.3) is 22.7 Å². The normalized spacial score (nSPS) is 11.6. The van der Waals surface area contributed by atoms with Crippen LogP contribution in [0.5, 0.6) is 5.75 Å². The number of nitrogens with one attached hydrogen (secondary N) is 1. The number of fused-ring (bicyclic) bond motifs is 1. The minimum Gasteiger partial charge on any atom is -0.496 e. The summed E-state index contributed by atoms with van der Waals surface area (Å²) in [5.74, 6) is -0.489. The van der Waals surface area contributed by atoms with E-state index >= 15 is 0 Å². The molecule has 2 aromatic heterocycles. The highest BCUT2D eigenvalue weighted by atomic mass is 16.5. The van der Waals surface area contributed by atoms with Crippen molar-refractivity contribution in [2.24, 2.45) is 0 Å². The number of benzene rings is 1. The standard InChI is InChI=1S/C17H14N2O3/c1-22-15-7-3-2-5-13(15)14(17(20)21)9-11-10-19-16-12(11)6-4-8-18-16/h2-10H,1H3,(H,18,19)(H,20,21)/b14-9-. The number of nitrogens with zero attached hydrogens (tertiary/aromatic N) is 1. The van der Waals surface area contributed by atoms with E-state index in [1.807, 2.05) is 12.1 Å². The van der Waals surface area contributed by atoms with Gasteiger partial charge in [-0.05, 0) is 24.3 Å². The zero-order chi connectivity index (χ0) is 15.5. The number of methoxy groups -OCH3 is 1. The van der Waals surface area contributed by atoms with Crippen LogP contribution in [-0.4, -0.2) is 28.2 Å². The summed E-state index contributed by atoms with van der Waals surface area (Å²) in [5, 5.41) is 10.4. The topological polar surface area (TPSA) is 75.2 Å². The number of para-hydroxylation sites is 1. The molecule has 0 amide bonds. The third-order valence-electron chi connectivity index (χ3n) is 3.41. The van der Waals surface area contributed by atoms with Crippen LogP contribution in [0.2, 0.25) is 0 Å². The smallest absolute Gasteiger partial charge is 0.336 e. The molecule has 0 aliphatic carbocycles. The fourth-order valence-corrected chi connectivity index (χ4v) is 2.37. The Labute approximate surface area is 126 Å². The summed E-state index contributed by atoms with van der Waals surface area (Å²) in [6.07, 6.45) is 5.06. The van der Waals surface area contributed by atoms with Gasteiger partial charge in [0.15, 0.2) is 0 Å². The number of carbonyl (C=O) groups is 1. The molecule has 0 saturated carbocycles. The van der Waals surface area contributed by atoms with Crippen LogP contribution in [0.4, 0.5) is 0 Å². The maximum atomic E-state index is 11.7. The van der Waals surface area contributed by atoms with E-state index in [9.17, 15) is 9.90 Å². The van der Waals surface area contributed by atoms with E-state index in [-0.39, 0.29) is 5.57 Å². The van der Waals surface area contributed by atoms with Crippen LogP contribution in [-0.2, 0) is 4.79 Å². The molecule has 0 aliphatic rings. The molecular formula is C17H14N2O3.